The number of hydrogen-bond acceptors (Lipinski definition) is 6. The Kier molecular flexibility index (Phi) is 7.41. The summed E-state index contributed by atoms with van der Waals surface area (Å²) in [6.07, 6.45) is 1.95. The highest BCUT2D eigenvalue weighted by Gasteiger charge is 2.76. The molecule has 2 aliphatic carbocycles. The summed E-state index contributed by atoms with van der Waals surface area (Å²) >= 11 is 18.0. The van der Waals surface area contributed by atoms with E-state index in [2.05, 4.69) is 15.9 Å². The van der Waals surface area contributed by atoms with Crippen molar-refractivity contribution in [1.29, 1.82) is 0 Å². The fourth-order valence-electron chi connectivity index (χ4n) is 8.43. The minimum atomic E-state index is -1.96. The molecule has 2 saturated heterocycles. The van der Waals surface area contributed by atoms with E-state index in [4.69, 9.17) is 23.2 Å². The fourth-order valence-corrected chi connectivity index (χ4v) is 9.85. The van der Waals surface area contributed by atoms with Crippen molar-refractivity contribution < 1.29 is 29.1 Å². The second kappa shape index (κ2) is 11.4. The number of carbonyl (C=O) groups excluding carboxylic acids is 5. The number of alkyl halides is 3. The van der Waals surface area contributed by atoms with Crippen LogP contribution in [0.15, 0.2) is 103 Å². The SMILES string of the molecule is O=C(c1ccccc1)c1ccc(N2C(=O)[C@H]3[C@H](CC=C4[C@H]3C[C@@]3(Cl)C(=O)N(CBr)C(=O)[C@@]3(Cl)[C@H]4c3ccc(O)c4ccccc34)C2=O)cc1. The van der Waals surface area contributed by atoms with Crippen molar-refractivity contribution in [3.05, 3.63) is 119 Å². The van der Waals surface area contributed by atoms with Crippen molar-refractivity contribution in [1.82, 2.24) is 4.90 Å². The molecular formula is C38H27BrCl2N2O6. The van der Waals surface area contributed by atoms with E-state index in [0.29, 0.717) is 38.7 Å². The summed E-state index contributed by atoms with van der Waals surface area (Å²) in [5.41, 5.74) is 2.37. The number of anilines is 1. The zero-order valence-electron chi connectivity index (χ0n) is 25.7. The van der Waals surface area contributed by atoms with E-state index in [1.54, 1.807) is 78.9 Å². The van der Waals surface area contributed by atoms with Crippen LogP contribution in [0, 0.1) is 17.8 Å². The van der Waals surface area contributed by atoms with Crippen molar-refractivity contribution in [2.24, 2.45) is 17.8 Å². The van der Waals surface area contributed by atoms with Crippen LogP contribution in [0.25, 0.3) is 10.8 Å². The predicted octanol–water partition coefficient (Wildman–Crippen LogP) is 6.69. The lowest BCUT2D eigenvalue weighted by atomic mass is 9.56. The number of rotatable bonds is 5. The first-order valence-electron chi connectivity index (χ1n) is 15.8. The number of carbonyl (C=O) groups is 5. The summed E-state index contributed by atoms with van der Waals surface area (Å²) in [6.45, 7) is 0. The largest absolute Gasteiger partial charge is 0.507 e. The minimum Gasteiger partial charge on any atom is -0.507 e. The van der Waals surface area contributed by atoms with Gasteiger partial charge in [-0.3, -0.25) is 33.8 Å². The van der Waals surface area contributed by atoms with E-state index in [9.17, 15) is 29.1 Å². The van der Waals surface area contributed by atoms with Crippen LogP contribution in [0.1, 0.15) is 40.2 Å². The van der Waals surface area contributed by atoms with Gasteiger partial charge in [-0.25, -0.2) is 0 Å². The number of nitrogens with zero attached hydrogens (tertiary/aromatic N) is 2. The molecule has 2 aliphatic heterocycles. The average molecular weight is 758 g/mol. The lowest BCUT2D eigenvalue weighted by molar-refractivity contribution is -0.138. The van der Waals surface area contributed by atoms with E-state index in [1.807, 2.05) is 12.1 Å². The zero-order chi connectivity index (χ0) is 34.4. The third kappa shape index (κ3) is 4.31. The van der Waals surface area contributed by atoms with E-state index in [-0.39, 0.29) is 35.7 Å². The van der Waals surface area contributed by atoms with Gasteiger partial charge in [-0.1, -0.05) is 88.2 Å². The van der Waals surface area contributed by atoms with Gasteiger partial charge in [0.15, 0.2) is 15.5 Å². The molecule has 2 heterocycles. The molecule has 4 amide bonds. The van der Waals surface area contributed by atoms with Crippen LogP contribution in [0.5, 0.6) is 5.75 Å². The number of hydrogen-bond donors (Lipinski definition) is 1. The Balaban J connectivity index is 1.22. The molecule has 0 bridgehead atoms. The Bertz CT molecular complexity index is 2160. The van der Waals surface area contributed by atoms with E-state index in [1.165, 1.54) is 6.07 Å². The summed E-state index contributed by atoms with van der Waals surface area (Å²) in [4.78, 5) is 67.8. The third-order valence-corrected chi connectivity index (χ3v) is 12.6. The van der Waals surface area contributed by atoms with Crippen molar-refractivity contribution in [3.8, 4) is 5.75 Å². The maximum Gasteiger partial charge on any atom is 0.254 e. The van der Waals surface area contributed by atoms with Crippen molar-refractivity contribution in [2.45, 2.75) is 28.5 Å². The first-order valence-corrected chi connectivity index (χ1v) is 17.7. The van der Waals surface area contributed by atoms with Gasteiger partial charge in [-0.2, -0.15) is 0 Å². The number of benzene rings is 4. The zero-order valence-corrected chi connectivity index (χ0v) is 28.8. The molecule has 49 heavy (non-hydrogen) atoms. The smallest absolute Gasteiger partial charge is 0.254 e. The maximum absolute atomic E-state index is 14.4. The molecule has 0 spiro atoms. The molecule has 4 aromatic rings. The van der Waals surface area contributed by atoms with Crippen molar-refractivity contribution in [2.75, 3.05) is 10.4 Å². The molecule has 1 saturated carbocycles. The van der Waals surface area contributed by atoms with E-state index in [0.717, 1.165) is 9.80 Å². The van der Waals surface area contributed by atoms with Crippen LogP contribution in [0.2, 0.25) is 0 Å². The second-order valence-electron chi connectivity index (χ2n) is 13.0. The molecule has 3 fully saturated rings. The number of allylic oxidation sites excluding steroid dienone is 2. The van der Waals surface area contributed by atoms with E-state index >= 15 is 0 Å². The first kappa shape index (κ1) is 31.9. The Morgan fingerprint density at radius 1 is 0.796 bits per heavy atom. The Labute approximate surface area is 299 Å². The quantitative estimate of drug-likeness (QED) is 0.0799. The number of likely N-dealkylation sites (tertiary alicyclic amines) is 1. The standard InChI is InChI=1S/C38H27BrCl2N2O6/c39-19-42-35(48)37(40)18-28-26(31(38(37,41)36(42)49)25-16-17-29(44)24-9-5-4-8-23(24)25)14-15-27-30(28)34(47)43(33(27)46)22-12-10-21(11-13-22)32(45)20-6-2-1-3-7-20/h1-14,16-17,27-28,30-31,44H,15,18-19H2/t27-,28+,30-,31-,37+,38-/m0/s1. The number of amides is 4. The van der Waals surface area contributed by atoms with Gasteiger partial charge in [0.2, 0.25) is 11.8 Å². The van der Waals surface area contributed by atoms with Crippen molar-refractivity contribution >= 4 is 85.0 Å². The van der Waals surface area contributed by atoms with Gasteiger partial charge < -0.3 is 5.11 Å². The van der Waals surface area contributed by atoms with Crippen LogP contribution in [-0.4, -0.2) is 54.6 Å². The number of halogens is 3. The van der Waals surface area contributed by atoms with Crippen LogP contribution >= 0.6 is 39.1 Å². The Hall–Kier alpha value is -4.31. The molecule has 4 aliphatic rings. The van der Waals surface area contributed by atoms with Gasteiger partial charge >= 0.3 is 0 Å². The molecule has 8 nitrogen and oxygen atoms in total. The lowest BCUT2D eigenvalue weighted by Crippen LogP contribution is -2.60. The van der Waals surface area contributed by atoms with E-state index < -0.39 is 51.1 Å². The number of aromatic hydroxyl groups is 1. The van der Waals surface area contributed by atoms with Gasteiger partial charge in [0.25, 0.3) is 11.8 Å². The minimum absolute atomic E-state index is 0.0322. The number of imide groups is 2. The molecule has 11 heteroatoms. The molecule has 1 N–H and O–H groups in total. The Morgan fingerprint density at radius 2 is 1.45 bits per heavy atom. The monoisotopic (exact) mass is 756 g/mol. The summed E-state index contributed by atoms with van der Waals surface area (Å²) in [5.74, 6) is -5.58. The molecule has 0 radical (unpaired) electrons. The molecule has 4 aromatic carbocycles. The van der Waals surface area contributed by atoms with Gasteiger partial charge in [-0.15, -0.1) is 23.2 Å². The lowest BCUT2D eigenvalue weighted by Gasteiger charge is -2.51. The number of fused-ring (bicyclic) bond motifs is 5. The van der Waals surface area contributed by atoms with Gasteiger partial charge in [0.05, 0.1) is 23.0 Å². The summed E-state index contributed by atoms with van der Waals surface area (Å²) in [6, 6.07) is 25.5. The van der Waals surface area contributed by atoms with Crippen LogP contribution < -0.4 is 4.90 Å². The molecule has 0 unspecified atom stereocenters. The van der Waals surface area contributed by atoms with Crippen molar-refractivity contribution in [3.63, 3.8) is 0 Å². The summed E-state index contributed by atoms with van der Waals surface area (Å²) in [5, 5.41) is 11.9. The summed E-state index contributed by atoms with van der Waals surface area (Å²) < 4.78 is 0. The fraction of sp³-hybridized carbons (Fsp3) is 0.237. The van der Waals surface area contributed by atoms with Gasteiger partial charge in [0.1, 0.15) is 5.75 Å². The number of ketones is 1. The summed E-state index contributed by atoms with van der Waals surface area (Å²) in [7, 11) is 0. The molecule has 8 rings (SSSR count). The maximum atomic E-state index is 14.4. The van der Waals surface area contributed by atoms with Crippen LogP contribution in [0.4, 0.5) is 5.69 Å². The highest BCUT2D eigenvalue weighted by molar-refractivity contribution is 9.09. The third-order valence-electron chi connectivity index (χ3n) is 10.7. The highest BCUT2D eigenvalue weighted by atomic mass is 79.9. The highest BCUT2D eigenvalue weighted by Crippen LogP contribution is 2.66. The predicted molar refractivity (Wildman–Crippen MR) is 188 cm³/mol. The molecule has 6 atom stereocenters. The number of phenolic OH excluding ortho intramolecular Hbond substituents is 1. The van der Waals surface area contributed by atoms with Gasteiger partial charge in [0, 0.05) is 22.4 Å². The Morgan fingerprint density at radius 3 is 2.14 bits per heavy atom. The molecule has 0 aromatic heterocycles. The molecular weight excluding hydrogens is 731 g/mol. The van der Waals surface area contributed by atoms with Crippen LogP contribution in [-0.2, 0) is 19.2 Å². The van der Waals surface area contributed by atoms with Gasteiger partial charge in [-0.05, 0) is 60.0 Å². The second-order valence-corrected chi connectivity index (χ2v) is 14.7. The first-order chi connectivity index (χ1) is 23.5. The average Bonchev–Trinajstić information content (AvgIpc) is 3.46. The number of phenols is 1. The topological polar surface area (TPSA) is 112 Å². The van der Waals surface area contributed by atoms with Crippen LogP contribution in [0.3, 0.4) is 0 Å². The molecule has 246 valence electrons. The normalized spacial score (nSPS) is 29.2.